The van der Waals surface area contributed by atoms with E-state index in [9.17, 15) is 5.21 Å². The van der Waals surface area contributed by atoms with Crippen LogP contribution in [0.5, 0.6) is 23.0 Å². The third-order valence-electron chi connectivity index (χ3n) is 3.72. The second kappa shape index (κ2) is 8.82. The summed E-state index contributed by atoms with van der Waals surface area (Å²) in [4.78, 5) is 0. The molecular weight excluding hydrogens is 322 g/mol. The Bertz CT molecular complexity index is 700. The zero-order valence-corrected chi connectivity index (χ0v) is 14.9. The van der Waals surface area contributed by atoms with E-state index < -0.39 is 0 Å². The second-order valence-electron chi connectivity index (χ2n) is 5.21. The third-order valence-corrected chi connectivity index (χ3v) is 3.72. The fourth-order valence-corrected chi connectivity index (χ4v) is 2.51. The van der Waals surface area contributed by atoms with Crippen molar-refractivity contribution in [2.45, 2.75) is 13.3 Å². The van der Waals surface area contributed by atoms with E-state index in [0.717, 1.165) is 11.3 Å². The molecule has 0 aliphatic rings. The van der Waals surface area contributed by atoms with Crippen molar-refractivity contribution in [3.63, 3.8) is 0 Å². The first-order valence-corrected chi connectivity index (χ1v) is 7.89. The summed E-state index contributed by atoms with van der Waals surface area (Å²) in [6.45, 7) is 2.56. The third kappa shape index (κ3) is 4.35. The monoisotopic (exact) mass is 345 g/mol. The molecule has 0 aromatic heterocycles. The van der Waals surface area contributed by atoms with E-state index in [4.69, 9.17) is 18.9 Å². The number of rotatable bonds is 8. The van der Waals surface area contributed by atoms with Gasteiger partial charge in [-0.25, -0.2) is 0 Å². The lowest BCUT2D eigenvalue weighted by Crippen LogP contribution is -2.07. The van der Waals surface area contributed by atoms with Gasteiger partial charge in [-0.15, -0.1) is 0 Å². The van der Waals surface area contributed by atoms with Crippen LogP contribution in [0.4, 0.5) is 0 Å². The summed E-state index contributed by atoms with van der Waals surface area (Å²) in [5, 5.41) is 12.9. The molecule has 0 fully saturated rings. The average Bonchev–Trinajstić information content (AvgIpc) is 2.66. The molecule has 2 aromatic rings. The van der Waals surface area contributed by atoms with Gasteiger partial charge in [-0.3, -0.25) is 0 Å². The van der Waals surface area contributed by atoms with E-state index in [-0.39, 0.29) is 0 Å². The van der Waals surface area contributed by atoms with Crippen LogP contribution in [-0.2, 0) is 6.42 Å². The van der Waals surface area contributed by atoms with E-state index in [0.29, 0.717) is 41.6 Å². The number of benzene rings is 2. The van der Waals surface area contributed by atoms with Crippen LogP contribution in [0.1, 0.15) is 18.1 Å². The summed E-state index contributed by atoms with van der Waals surface area (Å²) >= 11 is 0. The lowest BCUT2D eigenvalue weighted by atomic mass is 10.0. The molecule has 0 aliphatic carbocycles. The van der Waals surface area contributed by atoms with Crippen molar-refractivity contribution in [1.29, 1.82) is 0 Å². The SMILES string of the molecule is CCOc1ccc(CC(=NO)c2cc(OC)c(OC)c(OC)c2)cc1. The van der Waals surface area contributed by atoms with Crippen molar-refractivity contribution in [2.24, 2.45) is 5.16 Å². The molecule has 0 aliphatic heterocycles. The summed E-state index contributed by atoms with van der Waals surface area (Å²) in [5.74, 6) is 2.31. The first-order chi connectivity index (χ1) is 12.2. The van der Waals surface area contributed by atoms with Gasteiger partial charge in [0.05, 0.1) is 33.6 Å². The number of nitrogens with zero attached hydrogens (tertiary/aromatic N) is 1. The lowest BCUT2D eigenvalue weighted by Gasteiger charge is -2.14. The lowest BCUT2D eigenvalue weighted by molar-refractivity contribution is 0.317. The van der Waals surface area contributed by atoms with Crippen LogP contribution < -0.4 is 18.9 Å². The number of hydrogen-bond donors (Lipinski definition) is 1. The molecule has 0 amide bonds. The summed E-state index contributed by atoms with van der Waals surface area (Å²) < 4.78 is 21.4. The van der Waals surface area contributed by atoms with Gasteiger partial charge in [-0.1, -0.05) is 17.3 Å². The summed E-state index contributed by atoms with van der Waals surface area (Å²) in [6, 6.07) is 11.2. The molecule has 0 radical (unpaired) electrons. The molecule has 0 spiro atoms. The zero-order chi connectivity index (χ0) is 18.2. The normalized spacial score (nSPS) is 11.1. The van der Waals surface area contributed by atoms with Crippen LogP contribution >= 0.6 is 0 Å². The largest absolute Gasteiger partial charge is 0.494 e. The van der Waals surface area contributed by atoms with Gasteiger partial charge >= 0.3 is 0 Å². The van der Waals surface area contributed by atoms with Crippen LogP contribution in [0, 0.1) is 0 Å². The summed E-state index contributed by atoms with van der Waals surface area (Å²) in [6.07, 6.45) is 0.446. The Balaban J connectivity index is 2.31. The molecule has 2 rings (SSSR count). The number of ether oxygens (including phenoxy) is 4. The quantitative estimate of drug-likeness (QED) is 0.450. The topological polar surface area (TPSA) is 69.5 Å². The molecule has 0 atom stereocenters. The molecule has 6 nitrogen and oxygen atoms in total. The molecule has 6 heteroatoms. The van der Waals surface area contributed by atoms with Crippen LogP contribution in [0.3, 0.4) is 0 Å². The molecular formula is C19H23NO5. The first kappa shape index (κ1) is 18.4. The first-order valence-electron chi connectivity index (χ1n) is 7.89. The minimum atomic E-state index is 0.446. The Kier molecular flexibility index (Phi) is 6.51. The predicted molar refractivity (Wildman–Crippen MR) is 95.7 cm³/mol. The molecule has 0 unspecified atom stereocenters. The van der Waals surface area contributed by atoms with Crippen molar-refractivity contribution in [3.05, 3.63) is 47.5 Å². The highest BCUT2D eigenvalue weighted by molar-refractivity contribution is 6.02. The van der Waals surface area contributed by atoms with Gasteiger partial charge in [-0.2, -0.15) is 0 Å². The second-order valence-corrected chi connectivity index (χ2v) is 5.21. The van der Waals surface area contributed by atoms with Crippen LogP contribution in [-0.4, -0.2) is 38.9 Å². The van der Waals surface area contributed by atoms with Crippen LogP contribution in [0.2, 0.25) is 0 Å². The predicted octanol–water partition coefficient (Wildman–Crippen LogP) is 3.53. The highest BCUT2D eigenvalue weighted by Gasteiger charge is 2.16. The Morgan fingerprint density at radius 3 is 2.00 bits per heavy atom. The standard InChI is InChI=1S/C19H23NO5/c1-5-25-15-8-6-13(7-9-15)10-16(20-21)14-11-17(22-2)19(24-4)18(12-14)23-3/h6-9,11-12,21H,5,10H2,1-4H3. The van der Waals surface area contributed by atoms with Crippen molar-refractivity contribution in [2.75, 3.05) is 27.9 Å². The minimum Gasteiger partial charge on any atom is -0.494 e. The molecule has 1 N–H and O–H groups in total. The minimum absolute atomic E-state index is 0.446. The van der Waals surface area contributed by atoms with Crippen molar-refractivity contribution in [1.82, 2.24) is 0 Å². The van der Waals surface area contributed by atoms with E-state index in [2.05, 4.69) is 5.16 Å². The highest BCUT2D eigenvalue weighted by atomic mass is 16.5. The van der Waals surface area contributed by atoms with Gasteiger partial charge in [0.15, 0.2) is 11.5 Å². The average molecular weight is 345 g/mol. The molecule has 2 aromatic carbocycles. The van der Waals surface area contributed by atoms with Crippen molar-refractivity contribution < 1.29 is 24.2 Å². The zero-order valence-electron chi connectivity index (χ0n) is 14.9. The van der Waals surface area contributed by atoms with Crippen LogP contribution in [0.25, 0.3) is 0 Å². The highest BCUT2D eigenvalue weighted by Crippen LogP contribution is 2.38. The smallest absolute Gasteiger partial charge is 0.203 e. The van der Waals surface area contributed by atoms with Crippen LogP contribution in [0.15, 0.2) is 41.6 Å². The molecule has 0 bridgehead atoms. The number of methoxy groups -OCH3 is 3. The Morgan fingerprint density at radius 1 is 0.960 bits per heavy atom. The summed E-state index contributed by atoms with van der Waals surface area (Å²) in [5.41, 5.74) is 2.17. The number of oxime groups is 1. The molecule has 0 heterocycles. The van der Waals surface area contributed by atoms with Gasteiger partial charge < -0.3 is 24.2 Å². The summed E-state index contributed by atoms with van der Waals surface area (Å²) in [7, 11) is 4.63. The van der Waals surface area contributed by atoms with E-state index in [1.54, 1.807) is 33.5 Å². The molecule has 25 heavy (non-hydrogen) atoms. The van der Waals surface area contributed by atoms with Gasteiger partial charge in [0, 0.05) is 12.0 Å². The van der Waals surface area contributed by atoms with E-state index in [1.165, 1.54) is 0 Å². The number of hydrogen-bond acceptors (Lipinski definition) is 6. The Morgan fingerprint density at radius 2 is 1.56 bits per heavy atom. The fraction of sp³-hybridized carbons (Fsp3) is 0.316. The van der Waals surface area contributed by atoms with Gasteiger partial charge in [0.1, 0.15) is 5.75 Å². The molecule has 0 saturated heterocycles. The van der Waals surface area contributed by atoms with Gasteiger partial charge in [0.2, 0.25) is 5.75 Å². The van der Waals surface area contributed by atoms with E-state index in [1.807, 2.05) is 31.2 Å². The Labute approximate surface area is 147 Å². The molecule has 0 saturated carbocycles. The van der Waals surface area contributed by atoms with Crippen molar-refractivity contribution >= 4 is 5.71 Å². The maximum atomic E-state index is 9.48. The molecule has 134 valence electrons. The maximum absolute atomic E-state index is 9.48. The van der Waals surface area contributed by atoms with E-state index >= 15 is 0 Å². The van der Waals surface area contributed by atoms with Gasteiger partial charge in [-0.05, 0) is 36.8 Å². The Hall–Kier alpha value is -2.89. The fourth-order valence-electron chi connectivity index (χ4n) is 2.51. The van der Waals surface area contributed by atoms with Gasteiger partial charge in [0.25, 0.3) is 0 Å². The maximum Gasteiger partial charge on any atom is 0.203 e. The van der Waals surface area contributed by atoms with Crippen molar-refractivity contribution in [3.8, 4) is 23.0 Å².